The molecule has 0 spiro atoms. The molecule has 2 aromatic rings. The first-order valence-corrected chi connectivity index (χ1v) is 10.1. The molecular weight excluding hydrogens is 405 g/mol. The third-order valence-corrected chi connectivity index (χ3v) is 6.79. The van der Waals surface area contributed by atoms with Crippen LogP contribution in [0.4, 0.5) is 13.2 Å². The van der Waals surface area contributed by atoms with E-state index >= 15 is 0 Å². The van der Waals surface area contributed by atoms with Crippen molar-refractivity contribution in [2.75, 3.05) is 0 Å². The Morgan fingerprint density at radius 2 is 1.90 bits per heavy atom. The van der Waals surface area contributed by atoms with Gasteiger partial charge in [-0.15, -0.1) is 23.4 Å². The van der Waals surface area contributed by atoms with Crippen molar-refractivity contribution in [3.05, 3.63) is 29.3 Å². The fourth-order valence-corrected chi connectivity index (χ4v) is 5.08. The monoisotopic (exact) mass is 424 g/mol. The molecular formula is C19H19F3N4O4. The van der Waals surface area contributed by atoms with Gasteiger partial charge in [-0.25, -0.2) is 0 Å². The number of hydrogen-bond acceptors (Lipinski definition) is 7. The Labute approximate surface area is 168 Å². The second-order valence-corrected chi connectivity index (χ2v) is 9.23. The average Bonchev–Trinajstić information content (AvgIpc) is 3.12. The predicted molar refractivity (Wildman–Crippen MR) is 91.4 cm³/mol. The van der Waals surface area contributed by atoms with Crippen molar-refractivity contribution in [1.29, 1.82) is 0 Å². The van der Waals surface area contributed by atoms with Crippen LogP contribution in [-0.4, -0.2) is 39.3 Å². The summed E-state index contributed by atoms with van der Waals surface area (Å²) < 4.78 is 51.7. The van der Waals surface area contributed by atoms with E-state index in [1.54, 1.807) is 6.07 Å². The Balaban J connectivity index is 1.03. The number of rotatable bonds is 6. The first-order chi connectivity index (χ1) is 14.2. The number of halogens is 3. The minimum atomic E-state index is -4.62. The molecule has 2 aromatic heterocycles. The van der Waals surface area contributed by atoms with Crippen LogP contribution in [0.15, 0.2) is 15.0 Å². The van der Waals surface area contributed by atoms with Crippen molar-refractivity contribution in [2.24, 2.45) is 0 Å². The minimum absolute atomic E-state index is 0.201. The third kappa shape index (κ3) is 2.93. The molecule has 8 nitrogen and oxygen atoms in total. The number of hydrogen-bond donors (Lipinski definition) is 1. The van der Waals surface area contributed by atoms with Crippen LogP contribution in [0.2, 0.25) is 0 Å². The van der Waals surface area contributed by atoms with Gasteiger partial charge in [-0.3, -0.25) is 9.53 Å². The van der Waals surface area contributed by atoms with E-state index in [2.05, 4.69) is 25.4 Å². The van der Waals surface area contributed by atoms with Crippen LogP contribution in [0.1, 0.15) is 84.8 Å². The van der Waals surface area contributed by atoms with Crippen molar-refractivity contribution in [2.45, 2.75) is 80.2 Å². The van der Waals surface area contributed by atoms with Crippen LogP contribution in [0.3, 0.4) is 0 Å². The van der Waals surface area contributed by atoms with Crippen molar-refractivity contribution in [3.8, 4) is 0 Å². The zero-order chi connectivity index (χ0) is 20.7. The minimum Gasteiger partial charge on any atom is -0.424 e. The number of nitrogens with zero attached hydrogens (tertiary/aromatic N) is 3. The Morgan fingerprint density at radius 1 is 1.17 bits per heavy atom. The molecule has 5 aliphatic rings. The largest absolute Gasteiger partial charge is 0.522 e. The summed E-state index contributed by atoms with van der Waals surface area (Å²) in [7, 11) is 0. The third-order valence-electron chi connectivity index (χ3n) is 6.79. The molecule has 2 bridgehead atoms. The number of ether oxygens (including phenoxy) is 1. The van der Waals surface area contributed by atoms with Gasteiger partial charge in [0.1, 0.15) is 5.76 Å². The fraction of sp³-hybridized carbons (Fsp3) is 0.684. The molecule has 2 heterocycles. The van der Waals surface area contributed by atoms with E-state index in [1.165, 1.54) is 0 Å². The SMILES string of the molecule is O=C(NC12CC(c3nnc(C4CC(OC(F)(F)F)C4)o3)(C1)C2)c1cc(C2CC2)on1. The van der Waals surface area contributed by atoms with E-state index < -0.39 is 12.5 Å². The second kappa shape index (κ2) is 5.83. The highest BCUT2D eigenvalue weighted by atomic mass is 19.4. The average molecular weight is 424 g/mol. The van der Waals surface area contributed by atoms with E-state index in [0.29, 0.717) is 42.7 Å². The highest BCUT2D eigenvalue weighted by Gasteiger charge is 2.72. The number of alkyl halides is 3. The van der Waals surface area contributed by atoms with Crippen LogP contribution in [0, 0.1) is 0 Å². The molecule has 0 saturated heterocycles. The zero-order valence-corrected chi connectivity index (χ0v) is 15.9. The van der Waals surface area contributed by atoms with Crippen molar-refractivity contribution >= 4 is 5.91 Å². The van der Waals surface area contributed by atoms with E-state index in [9.17, 15) is 18.0 Å². The molecule has 0 aliphatic heterocycles. The first-order valence-electron chi connectivity index (χ1n) is 10.1. The second-order valence-electron chi connectivity index (χ2n) is 9.23. The van der Waals surface area contributed by atoms with Gasteiger partial charge in [-0.05, 0) is 44.9 Å². The summed E-state index contributed by atoms with van der Waals surface area (Å²) in [5, 5.41) is 15.1. The summed E-state index contributed by atoms with van der Waals surface area (Å²) in [5.41, 5.74) is -0.226. The molecule has 30 heavy (non-hydrogen) atoms. The lowest BCUT2D eigenvalue weighted by Gasteiger charge is -2.68. The number of aromatic nitrogens is 3. The predicted octanol–water partition coefficient (Wildman–Crippen LogP) is 3.32. The molecule has 7 rings (SSSR count). The Bertz CT molecular complexity index is 986. The summed E-state index contributed by atoms with van der Waals surface area (Å²) >= 11 is 0. The zero-order valence-electron chi connectivity index (χ0n) is 15.9. The molecule has 5 fully saturated rings. The molecule has 1 amide bonds. The van der Waals surface area contributed by atoms with E-state index in [-0.39, 0.29) is 35.6 Å². The number of carbonyl (C=O) groups excluding carboxylic acids is 1. The lowest BCUT2D eigenvalue weighted by Crippen LogP contribution is -2.76. The van der Waals surface area contributed by atoms with Crippen LogP contribution in [-0.2, 0) is 10.2 Å². The number of nitrogens with one attached hydrogen (secondary N) is 1. The van der Waals surface area contributed by atoms with Crippen LogP contribution < -0.4 is 5.32 Å². The van der Waals surface area contributed by atoms with Crippen LogP contribution >= 0.6 is 0 Å². The Kier molecular flexibility index (Phi) is 3.57. The highest BCUT2D eigenvalue weighted by molar-refractivity contribution is 5.93. The molecule has 0 radical (unpaired) electrons. The molecule has 5 aliphatic carbocycles. The van der Waals surface area contributed by atoms with E-state index in [4.69, 9.17) is 8.94 Å². The maximum Gasteiger partial charge on any atom is 0.522 e. The highest BCUT2D eigenvalue weighted by Crippen LogP contribution is 2.67. The molecule has 0 aromatic carbocycles. The first kappa shape index (κ1) is 18.3. The van der Waals surface area contributed by atoms with Crippen molar-refractivity contribution in [3.63, 3.8) is 0 Å². The lowest BCUT2D eigenvalue weighted by molar-refractivity contribution is -0.352. The van der Waals surface area contributed by atoms with Crippen LogP contribution in [0.5, 0.6) is 0 Å². The van der Waals surface area contributed by atoms with Crippen molar-refractivity contribution < 1.29 is 31.6 Å². The summed E-state index contributed by atoms with van der Waals surface area (Å²) in [5.74, 6) is 1.60. The molecule has 5 saturated carbocycles. The lowest BCUT2D eigenvalue weighted by atomic mass is 9.39. The van der Waals surface area contributed by atoms with Gasteiger partial charge < -0.3 is 14.3 Å². The van der Waals surface area contributed by atoms with Gasteiger partial charge >= 0.3 is 6.36 Å². The summed E-state index contributed by atoms with van der Waals surface area (Å²) in [6.07, 6.45) is -0.788. The van der Waals surface area contributed by atoms with Gasteiger partial charge in [0.2, 0.25) is 11.8 Å². The summed E-state index contributed by atoms with van der Waals surface area (Å²) in [6, 6.07) is 1.72. The molecule has 11 heteroatoms. The van der Waals surface area contributed by atoms with Crippen molar-refractivity contribution in [1.82, 2.24) is 20.7 Å². The van der Waals surface area contributed by atoms with E-state index in [0.717, 1.165) is 18.6 Å². The van der Waals surface area contributed by atoms with Crippen LogP contribution in [0.25, 0.3) is 0 Å². The van der Waals surface area contributed by atoms with Gasteiger partial charge in [0, 0.05) is 23.4 Å². The quantitative estimate of drug-likeness (QED) is 0.759. The Hall–Kier alpha value is -2.43. The van der Waals surface area contributed by atoms with E-state index in [1.807, 2.05) is 0 Å². The molecule has 0 unspecified atom stereocenters. The molecule has 160 valence electrons. The molecule has 1 N–H and O–H groups in total. The number of amides is 1. The van der Waals surface area contributed by atoms with Gasteiger partial charge in [-0.1, -0.05) is 5.16 Å². The van der Waals surface area contributed by atoms with Gasteiger partial charge in [-0.2, -0.15) is 0 Å². The standard InChI is InChI=1S/C19H19F3N4O4/c20-19(21,22)29-11-3-10(4-11)15-24-25-16(28-15)17-6-18(7-17,8-17)23-14(27)12-5-13(30-26-12)9-1-2-9/h5,9-11H,1-4,6-8H2,(H,23,27). The maximum absolute atomic E-state index is 12.5. The number of carbonyl (C=O) groups is 1. The summed E-state index contributed by atoms with van der Waals surface area (Å²) in [6.45, 7) is 0. The normalized spacial score (nSPS) is 34.6. The fourth-order valence-electron chi connectivity index (χ4n) is 5.08. The summed E-state index contributed by atoms with van der Waals surface area (Å²) in [4.78, 5) is 12.5. The maximum atomic E-state index is 12.5. The smallest absolute Gasteiger partial charge is 0.424 e. The van der Waals surface area contributed by atoms with Gasteiger partial charge in [0.15, 0.2) is 5.69 Å². The van der Waals surface area contributed by atoms with Gasteiger partial charge in [0.25, 0.3) is 5.91 Å². The molecule has 0 atom stereocenters. The topological polar surface area (TPSA) is 103 Å². The van der Waals surface area contributed by atoms with Gasteiger partial charge in [0.05, 0.1) is 11.5 Å². The Morgan fingerprint density at radius 3 is 2.57 bits per heavy atom.